The first-order chi connectivity index (χ1) is 9.02. The maximum absolute atomic E-state index is 12.9. The van der Waals surface area contributed by atoms with Gasteiger partial charge in [-0.05, 0) is 37.0 Å². The van der Waals surface area contributed by atoms with E-state index in [1.165, 1.54) is 12.1 Å². The molecule has 0 aliphatic rings. The molecule has 4 nitrogen and oxygen atoms in total. The monoisotopic (exact) mass is 268 g/mol. The number of amides is 2. The minimum Gasteiger partial charge on any atom is -0.396 e. The Morgan fingerprint density at radius 2 is 2.16 bits per heavy atom. The highest BCUT2D eigenvalue weighted by atomic mass is 19.1. The van der Waals surface area contributed by atoms with Gasteiger partial charge < -0.3 is 15.7 Å². The van der Waals surface area contributed by atoms with Crippen LogP contribution < -0.4 is 10.6 Å². The van der Waals surface area contributed by atoms with Crippen LogP contribution in [-0.4, -0.2) is 30.3 Å². The number of aliphatic hydroxyl groups excluding tert-OH is 1. The summed E-state index contributed by atoms with van der Waals surface area (Å²) < 4.78 is 12.9. The van der Waals surface area contributed by atoms with E-state index >= 15 is 0 Å². The van der Waals surface area contributed by atoms with Gasteiger partial charge in [0.25, 0.3) is 0 Å². The van der Waals surface area contributed by atoms with E-state index in [-0.39, 0.29) is 30.4 Å². The Bertz CT molecular complexity index is 412. The lowest BCUT2D eigenvalue weighted by Crippen LogP contribution is -2.44. The molecule has 2 atom stereocenters. The maximum atomic E-state index is 12.9. The zero-order valence-corrected chi connectivity index (χ0v) is 11.3. The van der Waals surface area contributed by atoms with Crippen molar-refractivity contribution in [1.82, 2.24) is 10.6 Å². The zero-order chi connectivity index (χ0) is 14.3. The molecular formula is C14H21FN2O2. The van der Waals surface area contributed by atoms with Gasteiger partial charge in [-0.1, -0.05) is 19.1 Å². The van der Waals surface area contributed by atoms with E-state index in [1.807, 2.05) is 19.9 Å². The number of rotatable bonds is 6. The predicted octanol–water partition coefficient (Wildman–Crippen LogP) is 1.68. The Kier molecular flexibility index (Phi) is 6.29. The molecule has 0 fully saturated rings. The molecule has 2 amide bonds. The molecule has 0 radical (unpaired) electrons. The molecule has 106 valence electrons. The average Bonchev–Trinajstić information content (AvgIpc) is 2.37. The van der Waals surface area contributed by atoms with Crippen LogP contribution in [0.5, 0.6) is 0 Å². The molecule has 1 aromatic rings. The van der Waals surface area contributed by atoms with Gasteiger partial charge in [-0.25, -0.2) is 9.18 Å². The number of nitrogens with one attached hydrogen (secondary N) is 2. The van der Waals surface area contributed by atoms with Crippen molar-refractivity contribution in [2.45, 2.75) is 26.3 Å². The van der Waals surface area contributed by atoms with Crippen molar-refractivity contribution in [2.75, 3.05) is 13.2 Å². The smallest absolute Gasteiger partial charge is 0.315 e. The normalized spacial score (nSPS) is 13.7. The van der Waals surface area contributed by atoms with Crippen LogP contribution in [0.4, 0.5) is 9.18 Å². The summed E-state index contributed by atoms with van der Waals surface area (Å²) in [5, 5.41) is 14.4. The van der Waals surface area contributed by atoms with Crippen molar-refractivity contribution in [3.63, 3.8) is 0 Å². The van der Waals surface area contributed by atoms with Gasteiger partial charge in [0.15, 0.2) is 0 Å². The van der Waals surface area contributed by atoms with E-state index in [0.717, 1.165) is 5.56 Å². The number of benzene rings is 1. The fourth-order valence-corrected chi connectivity index (χ4v) is 1.57. The van der Waals surface area contributed by atoms with Crippen LogP contribution in [0.25, 0.3) is 0 Å². The third kappa shape index (κ3) is 5.70. The largest absolute Gasteiger partial charge is 0.396 e. The molecule has 0 heterocycles. The Labute approximate surface area is 113 Å². The second kappa shape index (κ2) is 7.74. The molecule has 0 spiro atoms. The number of hydrogen-bond donors (Lipinski definition) is 3. The van der Waals surface area contributed by atoms with Gasteiger partial charge in [0, 0.05) is 19.2 Å². The lowest BCUT2D eigenvalue weighted by Gasteiger charge is -2.19. The second-order valence-corrected chi connectivity index (χ2v) is 4.73. The molecule has 5 heteroatoms. The van der Waals surface area contributed by atoms with Crippen molar-refractivity contribution in [1.29, 1.82) is 0 Å². The number of urea groups is 1. The Morgan fingerprint density at radius 3 is 2.79 bits per heavy atom. The van der Waals surface area contributed by atoms with E-state index in [9.17, 15) is 9.18 Å². The molecule has 3 N–H and O–H groups in total. The summed E-state index contributed by atoms with van der Waals surface area (Å²) in [6.45, 7) is 4.17. The summed E-state index contributed by atoms with van der Waals surface area (Å²) in [7, 11) is 0. The molecule has 0 saturated carbocycles. The van der Waals surface area contributed by atoms with Crippen molar-refractivity contribution in [3.8, 4) is 0 Å². The van der Waals surface area contributed by atoms with Gasteiger partial charge in [0.2, 0.25) is 0 Å². The predicted molar refractivity (Wildman–Crippen MR) is 72.4 cm³/mol. The molecule has 1 aromatic carbocycles. The zero-order valence-electron chi connectivity index (χ0n) is 11.3. The number of halogens is 1. The summed E-state index contributed by atoms with van der Waals surface area (Å²) >= 11 is 0. The molecule has 0 saturated heterocycles. The standard InChI is InChI=1S/C14H21FN2O2/c1-10(9-18)11(2)17-14(19)16-7-6-12-4-3-5-13(15)8-12/h3-5,8,10-11,18H,6-7,9H2,1-2H3,(H2,16,17,19). The van der Waals surface area contributed by atoms with Crippen LogP contribution in [0, 0.1) is 11.7 Å². The van der Waals surface area contributed by atoms with E-state index in [2.05, 4.69) is 10.6 Å². The Balaban J connectivity index is 2.27. The van der Waals surface area contributed by atoms with Crippen LogP contribution in [-0.2, 0) is 6.42 Å². The minimum atomic E-state index is -0.274. The second-order valence-electron chi connectivity index (χ2n) is 4.73. The third-order valence-corrected chi connectivity index (χ3v) is 3.09. The summed E-state index contributed by atoms with van der Waals surface area (Å²) in [6.07, 6.45) is 0.578. The minimum absolute atomic E-state index is 0.00830. The van der Waals surface area contributed by atoms with Gasteiger partial charge in [0.1, 0.15) is 5.82 Å². The highest BCUT2D eigenvalue weighted by molar-refractivity contribution is 5.74. The van der Waals surface area contributed by atoms with E-state index in [4.69, 9.17) is 5.11 Å². The molecule has 1 rings (SSSR count). The first kappa shape index (κ1) is 15.4. The van der Waals surface area contributed by atoms with Crippen LogP contribution in [0.3, 0.4) is 0 Å². The van der Waals surface area contributed by atoms with Crippen molar-refractivity contribution < 1.29 is 14.3 Å². The molecule has 0 aliphatic carbocycles. The third-order valence-electron chi connectivity index (χ3n) is 3.09. The van der Waals surface area contributed by atoms with Gasteiger partial charge in [0.05, 0.1) is 0 Å². The Morgan fingerprint density at radius 1 is 1.42 bits per heavy atom. The van der Waals surface area contributed by atoms with Crippen molar-refractivity contribution >= 4 is 6.03 Å². The molecular weight excluding hydrogens is 247 g/mol. The number of hydrogen-bond acceptors (Lipinski definition) is 2. The summed E-state index contributed by atoms with van der Waals surface area (Å²) in [5.41, 5.74) is 0.845. The molecule has 0 aromatic heterocycles. The first-order valence-corrected chi connectivity index (χ1v) is 6.42. The summed E-state index contributed by atoms with van der Waals surface area (Å²) in [5.74, 6) is -0.263. The molecule has 0 bridgehead atoms. The molecule has 2 unspecified atom stereocenters. The molecule has 19 heavy (non-hydrogen) atoms. The fourth-order valence-electron chi connectivity index (χ4n) is 1.57. The lowest BCUT2D eigenvalue weighted by atomic mass is 10.1. The topological polar surface area (TPSA) is 61.4 Å². The van der Waals surface area contributed by atoms with Crippen LogP contribution >= 0.6 is 0 Å². The lowest BCUT2D eigenvalue weighted by molar-refractivity contribution is 0.200. The highest BCUT2D eigenvalue weighted by Crippen LogP contribution is 2.03. The van der Waals surface area contributed by atoms with Gasteiger partial charge in [-0.15, -0.1) is 0 Å². The SMILES string of the molecule is CC(CO)C(C)NC(=O)NCCc1cccc(F)c1. The summed E-state index contributed by atoms with van der Waals surface area (Å²) in [6, 6.07) is 5.94. The van der Waals surface area contributed by atoms with Gasteiger partial charge >= 0.3 is 6.03 Å². The van der Waals surface area contributed by atoms with Crippen LogP contribution in [0.2, 0.25) is 0 Å². The number of carbonyl (C=O) groups is 1. The number of carbonyl (C=O) groups excluding carboxylic acids is 1. The number of aliphatic hydroxyl groups is 1. The Hall–Kier alpha value is -1.62. The fraction of sp³-hybridized carbons (Fsp3) is 0.500. The summed E-state index contributed by atoms with van der Waals surface area (Å²) in [4.78, 5) is 11.6. The van der Waals surface area contributed by atoms with Crippen LogP contribution in [0.1, 0.15) is 19.4 Å². The average molecular weight is 268 g/mol. The quantitative estimate of drug-likeness (QED) is 0.735. The van der Waals surface area contributed by atoms with Gasteiger partial charge in [-0.3, -0.25) is 0 Å². The van der Waals surface area contributed by atoms with E-state index in [0.29, 0.717) is 13.0 Å². The van der Waals surface area contributed by atoms with Crippen LogP contribution in [0.15, 0.2) is 24.3 Å². The molecule has 0 aliphatic heterocycles. The maximum Gasteiger partial charge on any atom is 0.315 e. The van der Waals surface area contributed by atoms with E-state index in [1.54, 1.807) is 6.07 Å². The van der Waals surface area contributed by atoms with Gasteiger partial charge in [-0.2, -0.15) is 0 Å². The highest BCUT2D eigenvalue weighted by Gasteiger charge is 2.13. The van der Waals surface area contributed by atoms with Crippen molar-refractivity contribution in [3.05, 3.63) is 35.6 Å². The van der Waals surface area contributed by atoms with E-state index < -0.39 is 0 Å². The van der Waals surface area contributed by atoms with Crippen molar-refractivity contribution in [2.24, 2.45) is 5.92 Å². The first-order valence-electron chi connectivity index (χ1n) is 6.42.